The second-order valence-corrected chi connectivity index (χ2v) is 8.19. The highest BCUT2D eigenvalue weighted by atomic mass is 32.2. The van der Waals surface area contributed by atoms with Gasteiger partial charge >= 0.3 is 0 Å². The maximum absolute atomic E-state index is 12.9. The number of rotatable bonds is 5. The normalized spacial score (nSPS) is 14.3. The standard InChI is InChI=1S/C25H22N2O3S/c1-27-21-15-19(24(28)26-16-17-7-4-3-5-8-17)11-12-22(21)31-23(25(27)29)14-18-9-6-10-20(13-18)30-2/h3-15H,16H2,1-2H3,(H,26,28). The van der Waals surface area contributed by atoms with E-state index in [-0.39, 0.29) is 11.8 Å². The van der Waals surface area contributed by atoms with Crippen molar-refractivity contribution in [3.8, 4) is 5.75 Å². The van der Waals surface area contributed by atoms with Gasteiger partial charge in [0.1, 0.15) is 5.75 Å². The number of likely N-dealkylation sites (N-methyl/N-ethyl adjacent to an activating group) is 1. The van der Waals surface area contributed by atoms with Gasteiger partial charge < -0.3 is 15.0 Å². The Bertz CT molecular complexity index is 1160. The zero-order chi connectivity index (χ0) is 21.8. The summed E-state index contributed by atoms with van der Waals surface area (Å²) in [5, 5.41) is 2.93. The molecule has 4 rings (SSSR count). The van der Waals surface area contributed by atoms with Crippen molar-refractivity contribution in [2.75, 3.05) is 19.1 Å². The number of ether oxygens (including phenoxy) is 1. The smallest absolute Gasteiger partial charge is 0.264 e. The third-order valence-corrected chi connectivity index (χ3v) is 6.08. The highest BCUT2D eigenvalue weighted by molar-refractivity contribution is 8.04. The molecule has 0 fully saturated rings. The van der Waals surface area contributed by atoms with Gasteiger partial charge in [0.2, 0.25) is 0 Å². The third kappa shape index (κ3) is 4.64. The second kappa shape index (κ2) is 9.10. The monoisotopic (exact) mass is 430 g/mol. The molecule has 3 aromatic rings. The van der Waals surface area contributed by atoms with Crippen LogP contribution in [0.5, 0.6) is 5.75 Å². The van der Waals surface area contributed by atoms with Gasteiger partial charge in [-0.15, -0.1) is 0 Å². The molecule has 0 aliphatic carbocycles. The molecule has 6 heteroatoms. The fourth-order valence-electron chi connectivity index (χ4n) is 3.30. The largest absolute Gasteiger partial charge is 0.497 e. The molecule has 0 atom stereocenters. The van der Waals surface area contributed by atoms with Crippen LogP contribution in [0.2, 0.25) is 0 Å². The number of benzene rings is 3. The van der Waals surface area contributed by atoms with Crippen LogP contribution in [-0.2, 0) is 11.3 Å². The lowest BCUT2D eigenvalue weighted by Gasteiger charge is -2.27. The van der Waals surface area contributed by atoms with E-state index in [4.69, 9.17) is 4.74 Å². The Morgan fingerprint density at radius 1 is 1.06 bits per heavy atom. The molecule has 1 aliphatic heterocycles. The molecule has 5 nitrogen and oxygen atoms in total. The van der Waals surface area contributed by atoms with Crippen molar-refractivity contribution in [2.45, 2.75) is 11.4 Å². The fourth-order valence-corrected chi connectivity index (χ4v) is 4.39. The van der Waals surface area contributed by atoms with Gasteiger partial charge in [-0.05, 0) is 47.5 Å². The predicted octanol–water partition coefficient (Wildman–Crippen LogP) is 4.73. The number of fused-ring (bicyclic) bond motifs is 1. The van der Waals surface area contributed by atoms with E-state index in [1.165, 1.54) is 11.8 Å². The van der Waals surface area contributed by atoms with Crippen LogP contribution < -0.4 is 15.0 Å². The van der Waals surface area contributed by atoms with Crippen LogP contribution in [0.1, 0.15) is 21.5 Å². The molecule has 1 heterocycles. The number of nitrogens with one attached hydrogen (secondary N) is 1. The quantitative estimate of drug-likeness (QED) is 0.595. The maximum atomic E-state index is 12.9. The number of thioether (sulfide) groups is 1. The van der Waals surface area contributed by atoms with Crippen molar-refractivity contribution in [3.05, 3.63) is 94.4 Å². The first-order valence-corrected chi connectivity index (χ1v) is 10.6. The summed E-state index contributed by atoms with van der Waals surface area (Å²) in [6, 6.07) is 22.8. The van der Waals surface area contributed by atoms with Gasteiger partial charge in [0.25, 0.3) is 11.8 Å². The van der Waals surface area contributed by atoms with E-state index >= 15 is 0 Å². The summed E-state index contributed by atoms with van der Waals surface area (Å²) in [7, 11) is 3.34. The van der Waals surface area contributed by atoms with E-state index in [9.17, 15) is 9.59 Å². The van der Waals surface area contributed by atoms with Gasteiger partial charge in [0, 0.05) is 24.1 Å². The van der Waals surface area contributed by atoms with E-state index in [1.807, 2.05) is 66.7 Å². The number of amides is 2. The minimum atomic E-state index is -0.171. The van der Waals surface area contributed by atoms with Crippen molar-refractivity contribution < 1.29 is 14.3 Å². The number of nitrogens with zero attached hydrogens (tertiary/aromatic N) is 1. The average molecular weight is 431 g/mol. The van der Waals surface area contributed by atoms with E-state index in [2.05, 4.69) is 5.32 Å². The van der Waals surface area contributed by atoms with E-state index < -0.39 is 0 Å². The van der Waals surface area contributed by atoms with Crippen molar-refractivity contribution >= 4 is 35.3 Å². The summed E-state index contributed by atoms with van der Waals surface area (Å²) in [5.74, 6) is 0.458. The molecule has 0 aromatic heterocycles. The summed E-state index contributed by atoms with van der Waals surface area (Å²) < 4.78 is 5.26. The minimum Gasteiger partial charge on any atom is -0.497 e. The molecule has 156 valence electrons. The lowest BCUT2D eigenvalue weighted by Crippen LogP contribution is -2.31. The summed E-state index contributed by atoms with van der Waals surface area (Å²) in [6.45, 7) is 0.452. The topological polar surface area (TPSA) is 58.6 Å². The highest BCUT2D eigenvalue weighted by Gasteiger charge is 2.27. The van der Waals surface area contributed by atoms with Gasteiger partial charge in [-0.25, -0.2) is 0 Å². The van der Waals surface area contributed by atoms with E-state index in [0.717, 1.165) is 27.5 Å². The molecule has 0 saturated carbocycles. The van der Waals surface area contributed by atoms with Crippen molar-refractivity contribution in [1.82, 2.24) is 5.32 Å². The Morgan fingerprint density at radius 3 is 2.65 bits per heavy atom. The molecule has 1 N–H and O–H groups in total. The number of hydrogen-bond donors (Lipinski definition) is 1. The Morgan fingerprint density at radius 2 is 1.87 bits per heavy atom. The molecule has 0 radical (unpaired) electrons. The lowest BCUT2D eigenvalue weighted by molar-refractivity contribution is -0.114. The molecule has 0 spiro atoms. The van der Waals surface area contributed by atoms with Gasteiger partial charge in [0.15, 0.2) is 0 Å². The number of methoxy groups -OCH3 is 1. The fraction of sp³-hybridized carbons (Fsp3) is 0.120. The first-order chi connectivity index (χ1) is 15.0. The average Bonchev–Trinajstić information content (AvgIpc) is 2.81. The Balaban J connectivity index is 1.54. The van der Waals surface area contributed by atoms with E-state index in [1.54, 1.807) is 31.2 Å². The number of hydrogen-bond acceptors (Lipinski definition) is 4. The van der Waals surface area contributed by atoms with Crippen molar-refractivity contribution in [1.29, 1.82) is 0 Å². The van der Waals surface area contributed by atoms with Crippen LogP contribution in [-0.4, -0.2) is 26.0 Å². The molecule has 0 bridgehead atoms. The molecular formula is C25H22N2O3S. The summed E-state index contributed by atoms with van der Waals surface area (Å²) in [6.07, 6.45) is 1.86. The molecule has 31 heavy (non-hydrogen) atoms. The van der Waals surface area contributed by atoms with Gasteiger partial charge in [-0.1, -0.05) is 54.2 Å². The Labute approximate surface area is 185 Å². The first-order valence-electron chi connectivity index (χ1n) is 9.83. The highest BCUT2D eigenvalue weighted by Crippen LogP contribution is 2.42. The van der Waals surface area contributed by atoms with Crippen molar-refractivity contribution in [2.24, 2.45) is 0 Å². The Hall–Kier alpha value is -3.51. The Kier molecular flexibility index (Phi) is 6.09. The molecule has 0 unspecified atom stereocenters. The van der Waals surface area contributed by atoms with Gasteiger partial charge in [0.05, 0.1) is 17.7 Å². The molecule has 2 amide bonds. The summed E-state index contributed by atoms with van der Waals surface area (Å²) in [5.41, 5.74) is 3.17. The third-order valence-electron chi connectivity index (χ3n) is 5.01. The molecule has 3 aromatic carbocycles. The number of carbonyl (C=O) groups excluding carboxylic acids is 2. The molecule has 0 saturated heterocycles. The maximum Gasteiger partial charge on any atom is 0.264 e. The lowest BCUT2D eigenvalue weighted by atomic mass is 10.1. The van der Waals surface area contributed by atoms with Crippen molar-refractivity contribution in [3.63, 3.8) is 0 Å². The van der Waals surface area contributed by atoms with Crippen LogP contribution in [0.25, 0.3) is 6.08 Å². The van der Waals surface area contributed by atoms with Gasteiger partial charge in [-0.2, -0.15) is 0 Å². The molecule has 1 aliphatic rings. The zero-order valence-corrected chi connectivity index (χ0v) is 18.1. The summed E-state index contributed by atoms with van der Waals surface area (Å²) >= 11 is 1.41. The number of anilines is 1. The first kappa shape index (κ1) is 20.8. The minimum absolute atomic E-state index is 0.109. The SMILES string of the molecule is COc1cccc(C=C2Sc3ccc(C(=O)NCc4ccccc4)cc3N(C)C2=O)c1. The van der Waals surface area contributed by atoms with Gasteiger partial charge in [-0.3, -0.25) is 9.59 Å². The summed E-state index contributed by atoms with van der Waals surface area (Å²) in [4.78, 5) is 28.7. The predicted molar refractivity (Wildman–Crippen MR) is 124 cm³/mol. The van der Waals surface area contributed by atoms with Crippen LogP contribution in [0, 0.1) is 0 Å². The van der Waals surface area contributed by atoms with E-state index in [0.29, 0.717) is 17.0 Å². The van der Waals surface area contributed by atoms with Crippen LogP contribution >= 0.6 is 11.8 Å². The zero-order valence-electron chi connectivity index (χ0n) is 17.3. The van der Waals surface area contributed by atoms with Crippen LogP contribution in [0.4, 0.5) is 5.69 Å². The number of carbonyl (C=O) groups is 2. The van der Waals surface area contributed by atoms with Crippen LogP contribution in [0.3, 0.4) is 0 Å². The van der Waals surface area contributed by atoms with Crippen LogP contribution in [0.15, 0.2) is 82.6 Å². The second-order valence-electron chi connectivity index (χ2n) is 7.10. The molecular weight excluding hydrogens is 408 g/mol.